The highest BCUT2D eigenvalue weighted by Crippen LogP contribution is 2.30. The molecule has 0 bridgehead atoms. The lowest BCUT2D eigenvalue weighted by molar-refractivity contribution is 0.318. The van der Waals surface area contributed by atoms with Crippen LogP contribution in [0.3, 0.4) is 0 Å². The predicted octanol–water partition coefficient (Wildman–Crippen LogP) is 3.81. The zero-order chi connectivity index (χ0) is 14.4. The first kappa shape index (κ1) is 14.1. The Balaban J connectivity index is 2.22. The molecule has 0 aliphatic rings. The molecule has 0 saturated carbocycles. The molecule has 2 aromatic rings. The first-order valence-corrected chi connectivity index (χ1v) is 6.66. The summed E-state index contributed by atoms with van der Waals surface area (Å²) in [7, 11) is 1.65. The fourth-order valence-electron chi connectivity index (χ4n) is 1.90. The first-order chi connectivity index (χ1) is 9.72. The van der Waals surface area contributed by atoms with Crippen molar-refractivity contribution in [2.75, 3.05) is 24.8 Å². The van der Waals surface area contributed by atoms with E-state index in [1.165, 1.54) is 0 Å². The van der Waals surface area contributed by atoms with Gasteiger partial charge in [-0.1, -0.05) is 19.1 Å². The zero-order valence-electron chi connectivity index (χ0n) is 11.8. The van der Waals surface area contributed by atoms with Crippen molar-refractivity contribution in [3.05, 3.63) is 42.5 Å². The number of ether oxygens (including phenoxy) is 2. The fraction of sp³-hybridized carbons (Fsp3) is 0.250. The van der Waals surface area contributed by atoms with Gasteiger partial charge in [-0.3, -0.25) is 0 Å². The number of hydrogen-bond acceptors (Lipinski definition) is 4. The molecule has 0 fully saturated rings. The van der Waals surface area contributed by atoms with E-state index in [1.54, 1.807) is 7.11 Å². The Labute approximate surface area is 119 Å². The van der Waals surface area contributed by atoms with Gasteiger partial charge >= 0.3 is 0 Å². The first-order valence-electron chi connectivity index (χ1n) is 6.66. The minimum Gasteiger partial charge on any atom is -0.495 e. The molecule has 0 aromatic heterocycles. The molecular formula is C16H20N2O2. The Hall–Kier alpha value is -2.36. The molecule has 106 valence electrons. The SMILES string of the molecule is CCCOc1cc(N)cc(Nc2ccccc2OC)c1. The van der Waals surface area contributed by atoms with Crippen LogP contribution in [0.25, 0.3) is 0 Å². The maximum atomic E-state index is 5.90. The van der Waals surface area contributed by atoms with Crippen LogP contribution in [0.4, 0.5) is 17.1 Å². The summed E-state index contributed by atoms with van der Waals surface area (Å²) < 4.78 is 10.9. The van der Waals surface area contributed by atoms with E-state index >= 15 is 0 Å². The Morgan fingerprint density at radius 2 is 1.95 bits per heavy atom. The number of benzene rings is 2. The minimum absolute atomic E-state index is 0.663. The van der Waals surface area contributed by atoms with Gasteiger partial charge in [-0.2, -0.15) is 0 Å². The smallest absolute Gasteiger partial charge is 0.142 e. The summed E-state index contributed by atoms with van der Waals surface area (Å²) in [6.45, 7) is 2.75. The van der Waals surface area contributed by atoms with Crippen molar-refractivity contribution in [1.82, 2.24) is 0 Å². The number of nitrogen functional groups attached to an aromatic ring is 1. The fourth-order valence-corrected chi connectivity index (χ4v) is 1.90. The molecule has 0 spiro atoms. The van der Waals surface area contributed by atoms with Crippen molar-refractivity contribution in [1.29, 1.82) is 0 Å². The van der Waals surface area contributed by atoms with Crippen molar-refractivity contribution in [3.8, 4) is 11.5 Å². The van der Waals surface area contributed by atoms with Crippen LogP contribution in [0.2, 0.25) is 0 Å². The summed E-state index contributed by atoms with van der Waals surface area (Å²) in [5, 5.41) is 3.30. The lowest BCUT2D eigenvalue weighted by Crippen LogP contribution is -1.99. The highest BCUT2D eigenvalue weighted by molar-refractivity contribution is 5.70. The highest BCUT2D eigenvalue weighted by Gasteiger charge is 2.04. The maximum Gasteiger partial charge on any atom is 0.142 e. The molecular weight excluding hydrogens is 252 g/mol. The average Bonchev–Trinajstić information content (AvgIpc) is 2.45. The van der Waals surface area contributed by atoms with Crippen LogP contribution in [0.15, 0.2) is 42.5 Å². The molecule has 2 aromatic carbocycles. The molecule has 0 aliphatic carbocycles. The highest BCUT2D eigenvalue weighted by atomic mass is 16.5. The van der Waals surface area contributed by atoms with Crippen LogP contribution in [0.5, 0.6) is 11.5 Å². The van der Waals surface area contributed by atoms with Gasteiger partial charge < -0.3 is 20.5 Å². The summed E-state index contributed by atoms with van der Waals surface area (Å²) in [4.78, 5) is 0. The van der Waals surface area contributed by atoms with Gasteiger partial charge in [0.05, 0.1) is 19.4 Å². The molecule has 0 radical (unpaired) electrons. The second-order valence-electron chi connectivity index (χ2n) is 4.46. The van der Waals surface area contributed by atoms with Gasteiger partial charge in [0, 0.05) is 23.5 Å². The number of methoxy groups -OCH3 is 1. The van der Waals surface area contributed by atoms with E-state index in [0.29, 0.717) is 12.3 Å². The lowest BCUT2D eigenvalue weighted by Gasteiger charge is -2.13. The zero-order valence-corrected chi connectivity index (χ0v) is 11.8. The summed E-state index contributed by atoms with van der Waals surface area (Å²) in [6.07, 6.45) is 0.962. The Morgan fingerprint density at radius 3 is 2.70 bits per heavy atom. The van der Waals surface area contributed by atoms with E-state index in [2.05, 4.69) is 12.2 Å². The average molecular weight is 272 g/mol. The molecule has 0 heterocycles. The normalized spacial score (nSPS) is 10.1. The number of anilines is 3. The van der Waals surface area contributed by atoms with Crippen LogP contribution in [0.1, 0.15) is 13.3 Å². The number of rotatable bonds is 6. The van der Waals surface area contributed by atoms with Crippen molar-refractivity contribution in [2.24, 2.45) is 0 Å². The van der Waals surface area contributed by atoms with E-state index in [1.807, 2.05) is 42.5 Å². The molecule has 0 aliphatic heterocycles. The third-order valence-electron chi connectivity index (χ3n) is 2.79. The number of hydrogen-bond donors (Lipinski definition) is 2. The summed E-state index contributed by atoms with van der Waals surface area (Å²) in [5.41, 5.74) is 8.33. The second kappa shape index (κ2) is 6.70. The van der Waals surface area contributed by atoms with Crippen molar-refractivity contribution >= 4 is 17.1 Å². The maximum absolute atomic E-state index is 5.90. The van der Waals surface area contributed by atoms with E-state index in [4.69, 9.17) is 15.2 Å². The van der Waals surface area contributed by atoms with Crippen LogP contribution >= 0.6 is 0 Å². The molecule has 0 saturated heterocycles. The van der Waals surface area contributed by atoms with Gasteiger partial charge in [0.15, 0.2) is 0 Å². The quantitative estimate of drug-likeness (QED) is 0.785. The molecule has 4 heteroatoms. The van der Waals surface area contributed by atoms with Gasteiger partial charge in [0.2, 0.25) is 0 Å². The largest absolute Gasteiger partial charge is 0.495 e. The van der Waals surface area contributed by atoms with Gasteiger partial charge in [-0.15, -0.1) is 0 Å². The second-order valence-corrected chi connectivity index (χ2v) is 4.46. The third kappa shape index (κ3) is 3.57. The Morgan fingerprint density at radius 1 is 1.15 bits per heavy atom. The summed E-state index contributed by atoms with van der Waals surface area (Å²) >= 11 is 0. The molecule has 2 rings (SSSR count). The standard InChI is InChI=1S/C16H20N2O2/c1-3-8-20-14-10-12(17)9-13(11-14)18-15-6-4-5-7-16(15)19-2/h4-7,9-11,18H,3,8,17H2,1-2H3. The van der Waals surface area contributed by atoms with E-state index in [-0.39, 0.29) is 0 Å². The Kier molecular flexibility index (Phi) is 4.71. The topological polar surface area (TPSA) is 56.5 Å². The molecule has 0 unspecified atom stereocenters. The predicted molar refractivity (Wildman–Crippen MR) is 82.9 cm³/mol. The minimum atomic E-state index is 0.663. The molecule has 4 nitrogen and oxygen atoms in total. The van der Waals surface area contributed by atoms with Gasteiger partial charge in [0.1, 0.15) is 11.5 Å². The van der Waals surface area contributed by atoms with Crippen molar-refractivity contribution < 1.29 is 9.47 Å². The number of para-hydroxylation sites is 2. The Bertz CT molecular complexity index is 570. The number of nitrogens with one attached hydrogen (secondary N) is 1. The van der Waals surface area contributed by atoms with Crippen LogP contribution < -0.4 is 20.5 Å². The van der Waals surface area contributed by atoms with Crippen LogP contribution in [-0.4, -0.2) is 13.7 Å². The summed E-state index contributed by atoms with van der Waals surface area (Å²) in [6, 6.07) is 13.4. The lowest BCUT2D eigenvalue weighted by atomic mass is 10.2. The molecule has 20 heavy (non-hydrogen) atoms. The van der Waals surface area contributed by atoms with E-state index in [9.17, 15) is 0 Å². The molecule has 3 N–H and O–H groups in total. The van der Waals surface area contributed by atoms with Crippen LogP contribution in [0, 0.1) is 0 Å². The van der Waals surface area contributed by atoms with E-state index in [0.717, 1.165) is 29.3 Å². The van der Waals surface area contributed by atoms with Gasteiger partial charge in [-0.25, -0.2) is 0 Å². The third-order valence-corrected chi connectivity index (χ3v) is 2.79. The molecule has 0 amide bonds. The molecule has 0 atom stereocenters. The van der Waals surface area contributed by atoms with Gasteiger partial charge in [0.25, 0.3) is 0 Å². The van der Waals surface area contributed by atoms with Crippen molar-refractivity contribution in [2.45, 2.75) is 13.3 Å². The number of nitrogens with two attached hydrogens (primary N) is 1. The van der Waals surface area contributed by atoms with Gasteiger partial charge in [-0.05, 0) is 24.6 Å². The monoisotopic (exact) mass is 272 g/mol. The summed E-state index contributed by atoms with van der Waals surface area (Å²) in [5.74, 6) is 1.55. The van der Waals surface area contributed by atoms with E-state index < -0.39 is 0 Å². The van der Waals surface area contributed by atoms with Crippen molar-refractivity contribution in [3.63, 3.8) is 0 Å². The van der Waals surface area contributed by atoms with Crippen LogP contribution in [-0.2, 0) is 0 Å².